The third kappa shape index (κ3) is 2.87. The minimum absolute atomic E-state index is 0.140. The van der Waals surface area contributed by atoms with Gasteiger partial charge in [-0.15, -0.1) is 0 Å². The zero-order valence-electron chi connectivity index (χ0n) is 11.7. The van der Waals surface area contributed by atoms with E-state index in [4.69, 9.17) is 23.2 Å². The lowest BCUT2D eigenvalue weighted by atomic mass is 10.2. The van der Waals surface area contributed by atoms with Crippen LogP contribution in [0.15, 0.2) is 30.5 Å². The lowest BCUT2D eigenvalue weighted by Crippen LogP contribution is -2.16. The van der Waals surface area contributed by atoms with E-state index in [2.05, 4.69) is 10.3 Å². The number of aromatic nitrogens is 2. The van der Waals surface area contributed by atoms with E-state index in [1.54, 1.807) is 6.92 Å². The number of aryl methyl sites for hydroxylation is 1. The van der Waals surface area contributed by atoms with Crippen molar-refractivity contribution >= 4 is 40.4 Å². The average molecular weight is 356 g/mol. The second kappa shape index (κ2) is 5.79. The van der Waals surface area contributed by atoms with Crippen LogP contribution in [0, 0.1) is 18.6 Å². The highest BCUT2D eigenvalue weighted by atomic mass is 35.5. The molecular weight excluding hydrogens is 347 g/mol. The van der Waals surface area contributed by atoms with Crippen LogP contribution in [0.4, 0.5) is 14.5 Å². The molecule has 0 saturated heterocycles. The number of amides is 1. The normalized spacial score (nSPS) is 11.0. The van der Waals surface area contributed by atoms with Crippen LogP contribution in [-0.2, 0) is 0 Å². The Hall–Kier alpha value is -2.18. The van der Waals surface area contributed by atoms with E-state index in [0.717, 1.165) is 12.1 Å². The molecule has 0 aliphatic rings. The molecular formula is C15H9Cl2F2N3O. The molecule has 0 radical (unpaired) electrons. The van der Waals surface area contributed by atoms with Gasteiger partial charge in [0, 0.05) is 12.3 Å². The van der Waals surface area contributed by atoms with Gasteiger partial charge in [-0.2, -0.15) is 0 Å². The number of rotatable bonds is 2. The van der Waals surface area contributed by atoms with Crippen LogP contribution >= 0.6 is 23.2 Å². The fraction of sp³-hybridized carbons (Fsp3) is 0.0667. The minimum Gasteiger partial charge on any atom is -0.318 e. The van der Waals surface area contributed by atoms with Crippen LogP contribution in [0.3, 0.4) is 0 Å². The van der Waals surface area contributed by atoms with E-state index >= 15 is 0 Å². The molecule has 118 valence electrons. The van der Waals surface area contributed by atoms with E-state index in [-0.39, 0.29) is 16.4 Å². The highest BCUT2D eigenvalue weighted by molar-refractivity contribution is 6.36. The fourth-order valence-corrected chi connectivity index (χ4v) is 2.75. The Bertz CT molecular complexity index is 940. The SMILES string of the molecule is Cc1nc2c(Cl)cc(Cl)cn2c1C(=O)Nc1ccc(F)cc1F. The van der Waals surface area contributed by atoms with Gasteiger partial charge >= 0.3 is 0 Å². The summed E-state index contributed by atoms with van der Waals surface area (Å²) in [4.78, 5) is 16.7. The number of pyridine rings is 1. The molecule has 0 spiro atoms. The highest BCUT2D eigenvalue weighted by Gasteiger charge is 2.20. The van der Waals surface area contributed by atoms with Crippen molar-refractivity contribution in [2.24, 2.45) is 0 Å². The molecule has 0 bridgehead atoms. The zero-order valence-corrected chi connectivity index (χ0v) is 13.2. The first-order chi connectivity index (χ1) is 10.9. The number of hydrogen-bond acceptors (Lipinski definition) is 2. The molecule has 23 heavy (non-hydrogen) atoms. The van der Waals surface area contributed by atoms with Crippen LogP contribution in [0.5, 0.6) is 0 Å². The molecule has 8 heteroatoms. The van der Waals surface area contributed by atoms with Gasteiger partial charge in [0.05, 0.1) is 21.4 Å². The Morgan fingerprint density at radius 1 is 1.26 bits per heavy atom. The van der Waals surface area contributed by atoms with Crippen molar-refractivity contribution in [2.45, 2.75) is 6.92 Å². The van der Waals surface area contributed by atoms with Gasteiger partial charge in [-0.1, -0.05) is 23.2 Å². The quantitative estimate of drug-likeness (QED) is 0.736. The maximum absolute atomic E-state index is 13.7. The lowest BCUT2D eigenvalue weighted by Gasteiger charge is -2.07. The Morgan fingerprint density at radius 3 is 2.70 bits per heavy atom. The molecule has 0 aliphatic heterocycles. The molecule has 2 heterocycles. The predicted molar refractivity (Wildman–Crippen MR) is 84.3 cm³/mol. The van der Waals surface area contributed by atoms with Gasteiger partial charge in [0.25, 0.3) is 5.91 Å². The predicted octanol–water partition coefficient (Wildman–Crippen LogP) is 4.48. The Kier molecular flexibility index (Phi) is 3.95. The highest BCUT2D eigenvalue weighted by Crippen LogP contribution is 2.25. The van der Waals surface area contributed by atoms with Crippen LogP contribution < -0.4 is 5.32 Å². The van der Waals surface area contributed by atoms with Gasteiger partial charge in [0.15, 0.2) is 5.65 Å². The maximum atomic E-state index is 13.7. The van der Waals surface area contributed by atoms with Crippen LogP contribution in [0.2, 0.25) is 10.0 Å². The molecule has 0 fully saturated rings. The number of anilines is 1. The number of halogens is 4. The molecule has 1 aromatic carbocycles. The van der Waals surface area contributed by atoms with E-state index in [1.165, 1.54) is 16.7 Å². The summed E-state index contributed by atoms with van der Waals surface area (Å²) in [5, 5.41) is 2.99. The van der Waals surface area contributed by atoms with Gasteiger partial charge in [-0.25, -0.2) is 13.8 Å². The third-order valence-corrected chi connectivity index (χ3v) is 3.70. The van der Waals surface area contributed by atoms with Crippen molar-refractivity contribution in [1.82, 2.24) is 9.38 Å². The van der Waals surface area contributed by atoms with Gasteiger partial charge in [0.1, 0.15) is 17.3 Å². The molecule has 0 unspecified atom stereocenters. The van der Waals surface area contributed by atoms with E-state index < -0.39 is 17.5 Å². The fourth-order valence-electron chi connectivity index (χ4n) is 2.23. The zero-order chi connectivity index (χ0) is 16.7. The number of benzene rings is 1. The van der Waals surface area contributed by atoms with Crippen molar-refractivity contribution in [2.75, 3.05) is 5.32 Å². The number of fused-ring (bicyclic) bond motifs is 1. The second-order valence-electron chi connectivity index (χ2n) is 4.82. The number of carbonyl (C=O) groups excluding carboxylic acids is 1. The molecule has 0 saturated carbocycles. The van der Waals surface area contributed by atoms with E-state index in [1.807, 2.05) is 0 Å². The van der Waals surface area contributed by atoms with Crippen molar-refractivity contribution in [1.29, 1.82) is 0 Å². The molecule has 1 N–H and O–H groups in total. The molecule has 2 aromatic heterocycles. The number of nitrogens with one attached hydrogen (secondary N) is 1. The number of nitrogens with zero attached hydrogens (tertiary/aromatic N) is 2. The molecule has 3 rings (SSSR count). The second-order valence-corrected chi connectivity index (χ2v) is 5.67. The first-order valence-corrected chi connectivity index (χ1v) is 7.22. The minimum atomic E-state index is -0.874. The van der Waals surface area contributed by atoms with Crippen molar-refractivity contribution in [3.8, 4) is 0 Å². The van der Waals surface area contributed by atoms with Crippen molar-refractivity contribution in [3.63, 3.8) is 0 Å². The summed E-state index contributed by atoms with van der Waals surface area (Å²) in [6.07, 6.45) is 1.48. The van der Waals surface area contributed by atoms with Crippen LogP contribution in [0.25, 0.3) is 5.65 Å². The van der Waals surface area contributed by atoms with Crippen LogP contribution in [0.1, 0.15) is 16.2 Å². The Labute approximate surface area is 139 Å². The standard InChI is InChI=1S/C15H9Cl2F2N3O/c1-7-13(22-6-8(16)4-10(17)14(22)20-7)15(23)21-12-3-2-9(18)5-11(12)19/h2-6H,1H3,(H,21,23). The molecule has 0 atom stereocenters. The van der Waals surface area contributed by atoms with Gasteiger partial charge in [0.2, 0.25) is 0 Å². The number of carbonyl (C=O) groups is 1. The summed E-state index contributed by atoms with van der Waals surface area (Å²) < 4.78 is 28.0. The smallest absolute Gasteiger partial charge is 0.274 e. The third-order valence-electron chi connectivity index (χ3n) is 3.21. The monoisotopic (exact) mass is 355 g/mol. The summed E-state index contributed by atoms with van der Waals surface area (Å²) in [5.41, 5.74) is 0.777. The van der Waals surface area contributed by atoms with Crippen molar-refractivity contribution < 1.29 is 13.6 Å². The summed E-state index contributed by atoms with van der Waals surface area (Å²) in [6.45, 7) is 1.62. The molecule has 0 aliphatic carbocycles. The summed E-state index contributed by atoms with van der Waals surface area (Å²) in [7, 11) is 0. The van der Waals surface area contributed by atoms with Gasteiger partial charge < -0.3 is 5.32 Å². The topological polar surface area (TPSA) is 46.4 Å². The van der Waals surface area contributed by atoms with Gasteiger partial charge in [-0.05, 0) is 25.1 Å². The lowest BCUT2D eigenvalue weighted by molar-refractivity contribution is 0.102. The van der Waals surface area contributed by atoms with Crippen molar-refractivity contribution in [3.05, 3.63) is 63.5 Å². The van der Waals surface area contributed by atoms with Crippen LogP contribution in [-0.4, -0.2) is 15.3 Å². The number of hydrogen-bond donors (Lipinski definition) is 1. The van der Waals surface area contributed by atoms with E-state index in [0.29, 0.717) is 22.4 Å². The first kappa shape index (κ1) is 15.7. The summed E-state index contributed by atoms with van der Waals surface area (Å²) in [5.74, 6) is -2.22. The first-order valence-electron chi connectivity index (χ1n) is 6.47. The summed E-state index contributed by atoms with van der Waals surface area (Å²) in [6, 6.07) is 4.38. The Morgan fingerprint density at radius 2 is 2.00 bits per heavy atom. The largest absolute Gasteiger partial charge is 0.318 e. The van der Waals surface area contributed by atoms with Gasteiger partial charge in [-0.3, -0.25) is 9.20 Å². The maximum Gasteiger partial charge on any atom is 0.274 e. The number of imidazole rings is 1. The Balaban J connectivity index is 2.06. The molecule has 1 amide bonds. The molecule has 4 nitrogen and oxygen atoms in total. The molecule has 3 aromatic rings. The van der Waals surface area contributed by atoms with E-state index in [9.17, 15) is 13.6 Å². The summed E-state index contributed by atoms with van der Waals surface area (Å²) >= 11 is 12.0. The average Bonchev–Trinajstić information content (AvgIpc) is 2.78.